The van der Waals surface area contributed by atoms with Crippen molar-refractivity contribution in [3.8, 4) is 17.3 Å². The van der Waals surface area contributed by atoms with Crippen LogP contribution in [0.5, 0.6) is 0 Å². The molecule has 0 bridgehead atoms. The Kier molecular flexibility index (Phi) is 6.32. The summed E-state index contributed by atoms with van der Waals surface area (Å²) in [5.74, 6) is -0.132. The normalized spacial score (nSPS) is 11.0. The molecule has 1 aromatic heterocycles. The first-order chi connectivity index (χ1) is 13.5. The van der Waals surface area contributed by atoms with E-state index >= 15 is 0 Å². The summed E-state index contributed by atoms with van der Waals surface area (Å²) in [6.45, 7) is 1.45. The lowest BCUT2D eigenvalue weighted by molar-refractivity contribution is -0.114. The fraction of sp³-hybridized carbons (Fsp3) is 0.0500. The van der Waals surface area contributed by atoms with Crippen molar-refractivity contribution in [2.45, 2.75) is 6.92 Å². The van der Waals surface area contributed by atoms with E-state index in [4.69, 9.17) is 23.2 Å². The van der Waals surface area contributed by atoms with Gasteiger partial charge >= 0.3 is 0 Å². The van der Waals surface area contributed by atoms with E-state index in [9.17, 15) is 10.1 Å². The number of aromatic nitrogens is 1. The lowest BCUT2D eigenvalue weighted by atomic mass is 10.2. The van der Waals surface area contributed by atoms with Crippen molar-refractivity contribution in [2.24, 2.45) is 0 Å². The van der Waals surface area contributed by atoms with E-state index in [1.54, 1.807) is 48.7 Å². The van der Waals surface area contributed by atoms with Crippen LogP contribution in [0.15, 0.2) is 54.0 Å². The van der Waals surface area contributed by atoms with Crippen LogP contribution in [0.4, 0.5) is 11.4 Å². The molecule has 1 amide bonds. The molecule has 0 aliphatic carbocycles. The molecule has 2 aromatic carbocycles. The van der Waals surface area contributed by atoms with Crippen LogP contribution >= 0.6 is 34.5 Å². The Bertz CT molecular complexity index is 1080. The van der Waals surface area contributed by atoms with Gasteiger partial charge in [-0.25, -0.2) is 4.98 Å². The van der Waals surface area contributed by atoms with E-state index in [-0.39, 0.29) is 5.91 Å². The SMILES string of the molecule is CC(=O)Nc1ccc(NC=C(C#N)c2nc(-c3ccc(Cl)cc3Cl)cs2)cc1. The Balaban J connectivity index is 1.77. The van der Waals surface area contributed by atoms with Crippen LogP contribution in [0.3, 0.4) is 0 Å². The van der Waals surface area contributed by atoms with E-state index in [2.05, 4.69) is 21.7 Å². The molecule has 1 heterocycles. The maximum absolute atomic E-state index is 11.1. The third-order valence-electron chi connectivity index (χ3n) is 3.65. The zero-order chi connectivity index (χ0) is 20.1. The number of halogens is 2. The lowest BCUT2D eigenvalue weighted by Crippen LogP contribution is -2.05. The number of allylic oxidation sites excluding steroid dienone is 1. The minimum atomic E-state index is -0.132. The van der Waals surface area contributed by atoms with Gasteiger partial charge in [0.2, 0.25) is 5.91 Å². The standard InChI is InChI=1S/C20H14Cl2N4OS/c1-12(27)25-16-5-3-15(4-6-16)24-10-13(9-23)20-26-19(11-28-20)17-7-2-14(21)8-18(17)22/h2-8,10-11,24H,1H3,(H,25,27). The van der Waals surface area contributed by atoms with Gasteiger partial charge in [-0.05, 0) is 42.5 Å². The Morgan fingerprint density at radius 2 is 1.89 bits per heavy atom. The van der Waals surface area contributed by atoms with E-state index in [0.717, 1.165) is 11.3 Å². The van der Waals surface area contributed by atoms with Crippen LogP contribution in [-0.4, -0.2) is 10.9 Å². The fourth-order valence-corrected chi connectivity index (χ4v) is 3.66. The number of benzene rings is 2. The molecule has 8 heteroatoms. The predicted molar refractivity (Wildman–Crippen MR) is 116 cm³/mol. The highest BCUT2D eigenvalue weighted by atomic mass is 35.5. The van der Waals surface area contributed by atoms with E-state index in [0.29, 0.717) is 32.0 Å². The first-order valence-corrected chi connectivity index (χ1v) is 9.75. The second kappa shape index (κ2) is 8.89. The molecule has 0 saturated carbocycles. The smallest absolute Gasteiger partial charge is 0.221 e. The van der Waals surface area contributed by atoms with Gasteiger partial charge in [0.15, 0.2) is 0 Å². The summed E-state index contributed by atoms with van der Waals surface area (Å²) in [6.07, 6.45) is 1.60. The molecule has 0 atom stereocenters. The number of anilines is 2. The maximum atomic E-state index is 11.1. The number of carbonyl (C=O) groups is 1. The number of nitriles is 1. The largest absolute Gasteiger partial charge is 0.360 e. The van der Waals surface area contributed by atoms with Crippen molar-refractivity contribution >= 4 is 57.4 Å². The molecule has 3 rings (SSSR count). The average Bonchev–Trinajstić information content (AvgIpc) is 3.13. The molecule has 0 unspecified atom stereocenters. The molecule has 0 saturated heterocycles. The Morgan fingerprint density at radius 3 is 2.54 bits per heavy atom. The summed E-state index contributed by atoms with van der Waals surface area (Å²) >= 11 is 13.5. The zero-order valence-electron chi connectivity index (χ0n) is 14.7. The molecule has 0 fully saturated rings. The Labute approximate surface area is 176 Å². The van der Waals surface area contributed by atoms with Crippen LogP contribution in [0.2, 0.25) is 10.0 Å². The second-order valence-corrected chi connectivity index (χ2v) is 7.44. The molecule has 0 radical (unpaired) electrons. The lowest BCUT2D eigenvalue weighted by Gasteiger charge is -2.05. The average molecular weight is 429 g/mol. The zero-order valence-corrected chi connectivity index (χ0v) is 17.0. The topological polar surface area (TPSA) is 77.8 Å². The van der Waals surface area contributed by atoms with Gasteiger partial charge in [0.25, 0.3) is 0 Å². The van der Waals surface area contributed by atoms with Crippen molar-refractivity contribution in [2.75, 3.05) is 10.6 Å². The number of nitrogens with zero attached hydrogens (tertiary/aromatic N) is 2. The number of nitrogens with one attached hydrogen (secondary N) is 2. The first-order valence-electron chi connectivity index (χ1n) is 8.12. The minimum Gasteiger partial charge on any atom is -0.360 e. The fourth-order valence-electron chi connectivity index (χ4n) is 2.37. The minimum absolute atomic E-state index is 0.132. The van der Waals surface area contributed by atoms with Crippen LogP contribution in [0, 0.1) is 11.3 Å². The number of thiazole rings is 1. The monoisotopic (exact) mass is 428 g/mol. The number of amides is 1. The van der Waals surface area contributed by atoms with Crippen molar-refractivity contribution in [3.05, 3.63) is 69.1 Å². The molecule has 140 valence electrons. The first kappa shape index (κ1) is 19.9. The Hall–Kier alpha value is -2.85. The molecular formula is C20H14Cl2N4OS. The molecule has 0 spiro atoms. The molecular weight excluding hydrogens is 415 g/mol. The van der Waals surface area contributed by atoms with Gasteiger partial charge in [-0.3, -0.25) is 4.79 Å². The number of hydrogen-bond acceptors (Lipinski definition) is 5. The summed E-state index contributed by atoms with van der Waals surface area (Å²) in [6, 6.07) is 14.5. The molecule has 0 aliphatic heterocycles. The van der Waals surface area contributed by atoms with Crippen LogP contribution in [0.25, 0.3) is 16.8 Å². The highest BCUT2D eigenvalue weighted by Crippen LogP contribution is 2.32. The van der Waals surface area contributed by atoms with Gasteiger partial charge in [-0.1, -0.05) is 23.2 Å². The van der Waals surface area contributed by atoms with Gasteiger partial charge < -0.3 is 10.6 Å². The molecule has 2 N–H and O–H groups in total. The quantitative estimate of drug-likeness (QED) is 0.484. The van der Waals surface area contributed by atoms with Gasteiger partial charge in [-0.2, -0.15) is 5.26 Å². The van der Waals surface area contributed by atoms with Crippen LogP contribution in [-0.2, 0) is 4.79 Å². The van der Waals surface area contributed by atoms with Crippen LogP contribution < -0.4 is 10.6 Å². The maximum Gasteiger partial charge on any atom is 0.221 e. The summed E-state index contributed by atoms with van der Waals surface area (Å²) in [4.78, 5) is 15.6. The van der Waals surface area contributed by atoms with Gasteiger partial charge in [0.1, 0.15) is 16.6 Å². The van der Waals surface area contributed by atoms with E-state index in [1.165, 1.54) is 18.3 Å². The van der Waals surface area contributed by atoms with Gasteiger partial charge in [0.05, 0.1) is 10.7 Å². The molecule has 28 heavy (non-hydrogen) atoms. The van der Waals surface area contributed by atoms with Crippen molar-refractivity contribution in [1.29, 1.82) is 5.26 Å². The van der Waals surface area contributed by atoms with Crippen LogP contribution in [0.1, 0.15) is 11.9 Å². The molecule has 5 nitrogen and oxygen atoms in total. The molecule has 0 aliphatic rings. The summed E-state index contributed by atoms with van der Waals surface area (Å²) in [5.41, 5.74) is 3.31. The van der Waals surface area contributed by atoms with E-state index in [1.807, 2.05) is 5.38 Å². The highest BCUT2D eigenvalue weighted by molar-refractivity contribution is 7.11. The number of carbonyl (C=O) groups excluding carboxylic acids is 1. The summed E-state index contributed by atoms with van der Waals surface area (Å²) in [5, 5.41) is 18.7. The molecule has 3 aromatic rings. The van der Waals surface area contributed by atoms with E-state index < -0.39 is 0 Å². The van der Waals surface area contributed by atoms with Crippen molar-refractivity contribution in [1.82, 2.24) is 4.98 Å². The summed E-state index contributed by atoms with van der Waals surface area (Å²) < 4.78 is 0. The number of rotatable bonds is 5. The van der Waals surface area contributed by atoms with Crippen molar-refractivity contribution in [3.63, 3.8) is 0 Å². The van der Waals surface area contributed by atoms with Gasteiger partial charge in [-0.15, -0.1) is 11.3 Å². The third-order valence-corrected chi connectivity index (χ3v) is 5.07. The third kappa shape index (κ3) is 4.90. The van der Waals surface area contributed by atoms with Gasteiger partial charge in [0, 0.05) is 40.5 Å². The van der Waals surface area contributed by atoms with Crippen molar-refractivity contribution < 1.29 is 4.79 Å². The Morgan fingerprint density at radius 1 is 1.18 bits per heavy atom. The highest BCUT2D eigenvalue weighted by Gasteiger charge is 2.11. The second-order valence-electron chi connectivity index (χ2n) is 5.73. The number of hydrogen-bond donors (Lipinski definition) is 2. The summed E-state index contributed by atoms with van der Waals surface area (Å²) in [7, 11) is 0. The predicted octanol–water partition coefficient (Wildman–Crippen LogP) is 6.05.